The van der Waals surface area contributed by atoms with Gasteiger partial charge >= 0.3 is 0 Å². The Balaban J connectivity index is 1.95. The van der Waals surface area contributed by atoms with Gasteiger partial charge in [0, 0.05) is 24.1 Å². The number of carbonyl (C=O) groups excluding carboxylic acids is 1. The SMILES string of the molecule is O=C(CCCCO)Nc1ccc2[nH]ncc2c1. The molecule has 0 aliphatic rings. The second-order valence-corrected chi connectivity index (χ2v) is 3.90. The van der Waals surface area contributed by atoms with Crippen LogP contribution in [0.5, 0.6) is 0 Å². The number of hydrogen-bond donors (Lipinski definition) is 3. The molecule has 0 saturated carbocycles. The van der Waals surface area contributed by atoms with E-state index in [-0.39, 0.29) is 12.5 Å². The lowest BCUT2D eigenvalue weighted by Gasteiger charge is -2.04. The van der Waals surface area contributed by atoms with Crippen molar-refractivity contribution in [3.05, 3.63) is 24.4 Å². The van der Waals surface area contributed by atoms with Gasteiger partial charge in [0.2, 0.25) is 5.91 Å². The third kappa shape index (κ3) is 3.04. The predicted molar refractivity (Wildman–Crippen MR) is 65.7 cm³/mol. The Morgan fingerprint density at radius 3 is 3.12 bits per heavy atom. The summed E-state index contributed by atoms with van der Waals surface area (Å²) in [5.74, 6) is -0.0266. The van der Waals surface area contributed by atoms with Gasteiger partial charge in [0.1, 0.15) is 0 Å². The van der Waals surface area contributed by atoms with Crippen molar-refractivity contribution in [1.82, 2.24) is 10.2 Å². The number of benzene rings is 1. The van der Waals surface area contributed by atoms with Gasteiger partial charge in [-0.25, -0.2) is 0 Å². The number of aromatic nitrogens is 2. The maximum Gasteiger partial charge on any atom is 0.224 e. The van der Waals surface area contributed by atoms with Crippen LogP contribution >= 0.6 is 0 Å². The number of nitrogens with zero attached hydrogens (tertiary/aromatic N) is 1. The molecule has 0 saturated heterocycles. The van der Waals surface area contributed by atoms with Gasteiger partial charge in [0.25, 0.3) is 0 Å². The summed E-state index contributed by atoms with van der Waals surface area (Å²) in [6.45, 7) is 0.133. The van der Waals surface area contributed by atoms with E-state index in [1.165, 1.54) is 0 Å². The molecule has 1 amide bonds. The minimum atomic E-state index is -0.0266. The zero-order chi connectivity index (χ0) is 12.1. The summed E-state index contributed by atoms with van der Waals surface area (Å²) in [4.78, 5) is 11.5. The fourth-order valence-electron chi connectivity index (χ4n) is 1.64. The summed E-state index contributed by atoms with van der Waals surface area (Å²) in [7, 11) is 0. The maximum absolute atomic E-state index is 11.5. The first-order valence-corrected chi connectivity index (χ1v) is 5.63. The van der Waals surface area contributed by atoms with Gasteiger partial charge in [-0.3, -0.25) is 9.89 Å². The molecule has 0 fully saturated rings. The first kappa shape index (κ1) is 11.6. The number of amides is 1. The average molecular weight is 233 g/mol. The summed E-state index contributed by atoms with van der Waals surface area (Å²) in [5, 5.41) is 19.2. The number of aliphatic hydroxyl groups is 1. The Hall–Kier alpha value is -1.88. The van der Waals surface area contributed by atoms with E-state index in [4.69, 9.17) is 5.11 Å². The van der Waals surface area contributed by atoms with Crippen LogP contribution in [0.3, 0.4) is 0 Å². The van der Waals surface area contributed by atoms with E-state index in [0.29, 0.717) is 19.3 Å². The van der Waals surface area contributed by atoms with Crippen molar-refractivity contribution in [2.24, 2.45) is 0 Å². The Kier molecular flexibility index (Phi) is 3.72. The highest BCUT2D eigenvalue weighted by Gasteiger charge is 2.03. The summed E-state index contributed by atoms with van der Waals surface area (Å²) < 4.78 is 0. The molecule has 0 bridgehead atoms. The van der Waals surface area contributed by atoms with E-state index in [0.717, 1.165) is 16.6 Å². The summed E-state index contributed by atoms with van der Waals surface area (Å²) in [5.41, 5.74) is 1.72. The molecular formula is C12H15N3O2. The molecular weight excluding hydrogens is 218 g/mol. The first-order chi connectivity index (χ1) is 8.29. The molecule has 5 nitrogen and oxygen atoms in total. The van der Waals surface area contributed by atoms with Crippen LogP contribution in [0.25, 0.3) is 10.9 Å². The lowest BCUT2D eigenvalue weighted by Crippen LogP contribution is -2.11. The molecule has 1 heterocycles. The fourth-order valence-corrected chi connectivity index (χ4v) is 1.64. The number of fused-ring (bicyclic) bond motifs is 1. The third-order valence-corrected chi connectivity index (χ3v) is 2.54. The highest BCUT2D eigenvalue weighted by molar-refractivity contribution is 5.93. The number of nitrogens with one attached hydrogen (secondary N) is 2. The van der Waals surface area contributed by atoms with Gasteiger partial charge < -0.3 is 10.4 Å². The fraction of sp³-hybridized carbons (Fsp3) is 0.333. The van der Waals surface area contributed by atoms with E-state index in [9.17, 15) is 4.79 Å². The van der Waals surface area contributed by atoms with Gasteiger partial charge in [0.15, 0.2) is 0 Å². The Bertz CT molecular complexity index is 507. The topological polar surface area (TPSA) is 78.0 Å². The average Bonchev–Trinajstić information content (AvgIpc) is 2.76. The largest absolute Gasteiger partial charge is 0.396 e. The van der Waals surface area contributed by atoms with Crippen molar-refractivity contribution < 1.29 is 9.90 Å². The molecule has 17 heavy (non-hydrogen) atoms. The molecule has 1 aromatic heterocycles. The summed E-state index contributed by atoms with van der Waals surface area (Å²) >= 11 is 0. The lowest BCUT2D eigenvalue weighted by atomic mass is 10.2. The Morgan fingerprint density at radius 1 is 1.41 bits per heavy atom. The number of H-pyrrole nitrogens is 1. The van der Waals surface area contributed by atoms with E-state index in [1.54, 1.807) is 6.20 Å². The zero-order valence-electron chi connectivity index (χ0n) is 9.44. The third-order valence-electron chi connectivity index (χ3n) is 2.54. The Morgan fingerprint density at radius 2 is 2.29 bits per heavy atom. The molecule has 0 aliphatic heterocycles. The molecule has 0 spiro atoms. The summed E-state index contributed by atoms with van der Waals surface area (Å²) in [6, 6.07) is 5.60. The molecule has 0 aliphatic carbocycles. The zero-order valence-corrected chi connectivity index (χ0v) is 9.44. The van der Waals surface area contributed by atoms with Crippen molar-refractivity contribution in [2.75, 3.05) is 11.9 Å². The molecule has 2 rings (SSSR count). The highest BCUT2D eigenvalue weighted by Crippen LogP contribution is 2.16. The standard InChI is InChI=1S/C12H15N3O2/c16-6-2-1-3-12(17)14-10-4-5-11-9(7-10)8-13-15-11/h4-5,7-8,16H,1-3,6H2,(H,13,15)(H,14,17). The minimum Gasteiger partial charge on any atom is -0.396 e. The number of aliphatic hydroxyl groups excluding tert-OH is 1. The van der Waals surface area contributed by atoms with E-state index in [2.05, 4.69) is 15.5 Å². The monoisotopic (exact) mass is 233 g/mol. The van der Waals surface area contributed by atoms with Crippen LogP contribution in [0.4, 0.5) is 5.69 Å². The first-order valence-electron chi connectivity index (χ1n) is 5.63. The lowest BCUT2D eigenvalue weighted by molar-refractivity contribution is -0.116. The van der Waals surface area contributed by atoms with Crippen molar-refractivity contribution in [3.63, 3.8) is 0 Å². The van der Waals surface area contributed by atoms with Crippen molar-refractivity contribution in [1.29, 1.82) is 0 Å². The molecule has 5 heteroatoms. The van der Waals surface area contributed by atoms with Crippen LogP contribution in [0.1, 0.15) is 19.3 Å². The quantitative estimate of drug-likeness (QED) is 0.687. The second-order valence-electron chi connectivity index (χ2n) is 3.90. The highest BCUT2D eigenvalue weighted by atomic mass is 16.2. The number of carbonyl (C=O) groups is 1. The van der Waals surface area contributed by atoms with Crippen LogP contribution in [0, 0.1) is 0 Å². The van der Waals surface area contributed by atoms with Crippen molar-refractivity contribution >= 4 is 22.5 Å². The van der Waals surface area contributed by atoms with E-state index >= 15 is 0 Å². The smallest absolute Gasteiger partial charge is 0.224 e. The maximum atomic E-state index is 11.5. The van der Waals surface area contributed by atoms with Gasteiger partial charge in [-0.1, -0.05) is 0 Å². The number of hydrogen-bond acceptors (Lipinski definition) is 3. The molecule has 3 N–H and O–H groups in total. The van der Waals surface area contributed by atoms with Crippen LogP contribution < -0.4 is 5.32 Å². The van der Waals surface area contributed by atoms with Gasteiger partial charge in [0.05, 0.1) is 11.7 Å². The van der Waals surface area contributed by atoms with Crippen LogP contribution in [-0.2, 0) is 4.79 Å². The number of unbranched alkanes of at least 4 members (excludes halogenated alkanes) is 1. The van der Waals surface area contributed by atoms with Crippen LogP contribution in [0.2, 0.25) is 0 Å². The molecule has 0 atom stereocenters. The number of anilines is 1. The van der Waals surface area contributed by atoms with Gasteiger partial charge in [-0.05, 0) is 31.0 Å². The molecule has 1 aromatic carbocycles. The van der Waals surface area contributed by atoms with Crippen LogP contribution in [0.15, 0.2) is 24.4 Å². The predicted octanol–water partition coefficient (Wildman–Crippen LogP) is 1.66. The molecule has 90 valence electrons. The van der Waals surface area contributed by atoms with Crippen molar-refractivity contribution in [3.8, 4) is 0 Å². The van der Waals surface area contributed by atoms with Gasteiger partial charge in [-0.15, -0.1) is 0 Å². The summed E-state index contributed by atoms with van der Waals surface area (Å²) in [6.07, 6.45) is 3.52. The number of rotatable bonds is 5. The Labute approximate surface area is 98.8 Å². The molecule has 2 aromatic rings. The van der Waals surface area contributed by atoms with Crippen molar-refractivity contribution in [2.45, 2.75) is 19.3 Å². The van der Waals surface area contributed by atoms with Crippen LogP contribution in [-0.4, -0.2) is 27.8 Å². The second kappa shape index (κ2) is 5.45. The van der Waals surface area contributed by atoms with Gasteiger partial charge in [-0.2, -0.15) is 5.10 Å². The molecule has 0 unspecified atom stereocenters. The normalized spacial score (nSPS) is 10.6. The molecule has 0 radical (unpaired) electrons. The number of aromatic amines is 1. The van der Waals surface area contributed by atoms with E-state index in [1.807, 2.05) is 18.2 Å². The minimum absolute atomic E-state index is 0.0266. The van der Waals surface area contributed by atoms with E-state index < -0.39 is 0 Å².